The van der Waals surface area contributed by atoms with Gasteiger partial charge in [-0.25, -0.2) is 27.5 Å². The second kappa shape index (κ2) is 10.6. The molecular weight excluding hydrogens is 566 g/mol. The van der Waals surface area contributed by atoms with Gasteiger partial charge in [-0.1, -0.05) is 0 Å². The molecule has 0 unspecified atom stereocenters. The Morgan fingerprint density at radius 3 is 2.27 bits per heavy atom. The van der Waals surface area contributed by atoms with Gasteiger partial charge in [-0.3, -0.25) is 0 Å². The first kappa shape index (κ1) is 28.6. The van der Waals surface area contributed by atoms with Crippen LogP contribution in [0.4, 0.5) is 5.82 Å². The summed E-state index contributed by atoms with van der Waals surface area (Å²) in [5.41, 5.74) is 0.778. The SMILES string of the molecule is COc1ccc2nc(S(=O)(=O)N(C)c3ncc(C)c(OC)c3C)n(S(=O)(=O)c3ccc(OCC(=O)O)cc3)c2n1. The normalized spacial score (nSPS) is 11.8. The van der Waals surface area contributed by atoms with Crippen molar-refractivity contribution in [3.05, 3.63) is 53.7 Å². The van der Waals surface area contributed by atoms with Crippen molar-refractivity contribution in [1.82, 2.24) is 18.9 Å². The third kappa shape index (κ3) is 4.98. The summed E-state index contributed by atoms with van der Waals surface area (Å²) in [4.78, 5) is 23.0. The number of hydrogen-bond donors (Lipinski definition) is 1. The maximum atomic E-state index is 14.0. The second-order valence-corrected chi connectivity index (χ2v) is 12.1. The van der Waals surface area contributed by atoms with Crippen molar-refractivity contribution in [2.75, 3.05) is 32.2 Å². The van der Waals surface area contributed by atoms with Crippen LogP contribution >= 0.6 is 0 Å². The van der Waals surface area contributed by atoms with Crippen LogP contribution in [0.3, 0.4) is 0 Å². The molecule has 14 nitrogen and oxygen atoms in total. The molecule has 16 heteroatoms. The van der Waals surface area contributed by atoms with Gasteiger partial charge < -0.3 is 19.3 Å². The summed E-state index contributed by atoms with van der Waals surface area (Å²) >= 11 is 0. The van der Waals surface area contributed by atoms with E-state index in [0.717, 1.165) is 16.4 Å². The fourth-order valence-corrected chi connectivity index (χ4v) is 6.97. The van der Waals surface area contributed by atoms with E-state index in [1.807, 2.05) is 0 Å². The summed E-state index contributed by atoms with van der Waals surface area (Å²) in [6, 6.07) is 7.58. The highest BCUT2D eigenvalue weighted by molar-refractivity contribution is 7.94. The number of sulfonamides is 1. The van der Waals surface area contributed by atoms with Crippen LogP contribution < -0.4 is 18.5 Å². The van der Waals surface area contributed by atoms with E-state index in [1.165, 1.54) is 51.7 Å². The van der Waals surface area contributed by atoms with Gasteiger partial charge in [0.15, 0.2) is 12.3 Å². The Morgan fingerprint density at radius 2 is 1.68 bits per heavy atom. The minimum atomic E-state index is -4.66. The molecule has 0 spiro atoms. The van der Waals surface area contributed by atoms with Crippen molar-refractivity contribution in [2.45, 2.75) is 23.9 Å². The van der Waals surface area contributed by atoms with Crippen molar-refractivity contribution < 1.29 is 40.9 Å². The number of nitrogens with zero attached hydrogens (tertiary/aromatic N) is 5. The molecule has 0 bridgehead atoms. The Labute approximate surface area is 229 Å². The Hall–Kier alpha value is -4.44. The monoisotopic (exact) mass is 591 g/mol. The van der Waals surface area contributed by atoms with Crippen LogP contribution in [-0.2, 0) is 24.8 Å². The minimum Gasteiger partial charge on any atom is -0.496 e. The summed E-state index contributed by atoms with van der Waals surface area (Å²) in [6.45, 7) is 2.74. The predicted molar refractivity (Wildman–Crippen MR) is 142 cm³/mol. The molecule has 0 saturated heterocycles. The van der Waals surface area contributed by atoms with E-state index in [1.54, 1.807) is 13.8 Å². The molecule has 0 amide bonds. The number of imidazole rings is 1. The van der Waals surface area contributed by atoms with E-state index in [9.17, 15) is 21.6 Å². The number of hydrogen-bond acceptors (Lipinski definition) is 11. The molecular formula is C24H25N5O9S2. The summed E-state index contributed by atoms with van der Waals surface area (Å²) in [6.07, 6.45) is 1.44. The Bertz CT molecular complexity index is 1820. The molecule has 40 heavy (non-hydrogen) atoms. The van der Waals surface area contributed by atoms with E-state index >= 15 is 0 Å². The van der Waals surface area contributed by atoms with Crippen LogP contribution in [0.25, 0.3) is 11.2 Å². The van der Waals surface area contributed by atoms with Crippen LogP contribution in [0.1, 0.15) is 11.1 Å². The standard InChI is InChI=1S/C24H25N5O9S2/c1-14-12-25-22(15(2)21(14)37-5)28(3)40(34,35)24-26-18-10-11-19(36-4)27-23(18)29(24)39(32,33)17-8-6-16(7-9-17)38-13-20(30)31/h6-12H,13H2,1-5H3,(H,30,31). The highest BCUT2D eigenvalue weighted by atomic mass is 32.2. The Morgan fingerprint density at radius 1 is 1.00 bits per heavy atom. The zero-order valence-electron chi connectivity index (χ0n) is 22.0. The molecule has 0 aliphatic heterocycles. The number of benzene rings is 1. The molecule has 0 aliphatic rings. The molecule has 0 fully saturated rings. The fourth-order valence-electron chi connectivity index (χ4n) is 3.93. The number of ether oxygens (including phenoxy) is 3. The first-order chi connectivity index (χ1) is 18.8. The number of aliphatic carboxylic acids is 1. The van der Waals surface area contributed by atoms with Crippen LogP contribution in [0.15, 0.2) is 52.6 Å². The van der Waals surface area contributed by atoms with Gasteiger partial charge in [-0.05, 0) is 44.2 Å². The molecule has 3 heterocycles. The zero-order chi connectivity index (χ0) is 29.4. The van der Waals surface area contributed by atoms with Crippen LogP contribution in [0, 0.1) is 13.8 Å². The minimum absolute atomic E-state index is 0.00364. The van der Waals surface area contributed by atoms with E-state index in [4.69, 9.17) is 19.3 Å². The van der Waals surface area contributed by atoms with E-state index in [2.05, 4.69) is 15.0 Å². The van der Waals surface area contributed by atoms with Gasteiger partial charge in [0.1, 0.15) is 22.8 Å². The summed E-state index contributed by atoms with van der Waals surface area (Å²) in [5.74, 6) is -0.663. The molecule has 3 aromatic heterocycles. The molecule has 0 saturated carbocycles. The molecule has 1 aromatic carbocycles. The lowest BCUT2D eigenvalue weighted by Crippen LogP contribution is -2.32. The highest BCUT2D eigenvalue weighted by Crippen LogP contribution is 2.33. The number of rotatable bonds is 10. The Kier molecular flexibility index (Phi) is 7.58. The Balaban J connectivity index is 1.92. The predicted octanol–water partition coefficient (Wildman–Crippen LogP) is 1.99. The topological polar surface area (TPSA) is 180 Å². The number of aryl methyl sites for hydroxylation is 1. The molecule has 0 aliphatic carbocycles. The lowest BCUT2D eigenvalue weighted by Gasteiger charge is -2.22. The van der Waals surface area contributed by atoms with Crippen molar-refractivity contribution in [3.63, 3.8) is 0 Å². The van der Waals surface area contributed by atoms with E-state index < -0.39 is 37.8 Å². The van der Waals surface area contributed by atoms with Gasteiger partial charge in [0.25, 0.3) is 25.2 Å². The number of methoxy groups -OCH3 is 2. The maximum Gasteiger partial charge on any atom is 0.341 e. The molecule has 0 radical (unpaired) electrons. The van der Waals surface area contributed by atoms with Gasteiger partial charge in [-0.2, -0.15) is 17.4 Å². The number of carbonyl (C=O) groups is 1. The van der Waals surface area contributed by atoms with Gasteiger partial charge in [0, 0.05) is 30.4 Å². The number of fused-ring (bicyclic) bond motifs is 1. The summed E-state index contributed by atoms with van der Waals surface area (Å²) in [7, 11) is -5.32. The van der Waals surface area contributed by atoms with Gasteiger partial charge in [-0.15, -0.1) is 0 Å². The highest BCUT2D eigenvalue weighted by Gasteiger charge is 2.36. The lowest BCUT2D eigenvalue weighted by molar-refractivity contribution is -0.139. The number of carboxylic acids is 1. The number of carboxylic acid groups (broad SMARTS) is 1. The van der Waals surface area contributed by atoms with Crippen LogP contribution in [-0.4, -0.2) is 74.7 Å². The lowest BCUT2D eigenvalue weighted by atomic mass is 10.2. The molecule has 1 N–H and O–H groups in total. The second-order valence-electron chi connectivity index (χ2n) is 8.41. The largest absolute Gasteiger partial charge is 0.496 e. The molecule has 0 atom stereocenters. The molecule has 212 valence electrons. The number of aromatic nitrogens is 4. The summed E-state index contributed by atoms with van der Waals surface area (Å²) < 4.78 is 72.7. The van der Waals surface area contributed by atoms with Crippen LogP contribution in [0.2, 0.25) is 0 Å². The average molecular weight is 592 g/mol. The average Bonchev–Trinajstić information content (AvgIpc) is 3.32. The molecule has 4 aromatic rings. The van der Waals surface area contributed by atoms with Crippen molar-refractivity contribution >= 4 is 43.0 Å². The zero-order valence-corrected chi connectivity index (χ0v) is 23.6. The first-order valence-corrected chi connectivity index (χ1v) is 14.3. The number of pyridine rings is 2. The molecule has 4 rings (SSSR count). The van der Waals surface area contributed by atoms with Gasteiger partial charge in [0.2, 0.25) is 5.88 Å². The van der Waals surface area contributed by atoms with E-state index in [-0.39, 0.29) is 33.5 Å². The van der Waals surface area contributed by atoms with Crippen molar-refractivity contribution in [1.29, 1.82) is 0 Å². The third-order valence-electron chi connectivity index (χ3n) is 5.85. The van der Waals surface area contributed by atoms with Gasteiger partial charge in [0.05, 0.1) is 19.1 Å². The number of anilines is 1. The quantitative estimate of drug-likeness (QED) is 0.284. The fraction of sp³-hybridized carbons (Fsp3) is 0.250. The first-order valence-electron chi connectivity index (χ1n) is 11.5. The summed E-state index contributed by atoms with van der Waals surface area (Å²) in [5, 5.41) is 7.96. The third-order valence-corrected chi connectivity index (χ3v) is 9.29. The van der Waals surface area contributed by atoms with Crippen molar-refractivity contribution in [2.24, 2.45) is 0 Å². The van der Waals surface area contributed by atoms with Gasteiger partial charge >= 0.3 is 5.97 Å². The smallest absolute Gasteiger partial charge is 0.341 e. The van der Waals surface area contributed by atoms with Crippen molar-refractivity contribution in [3.8, 4) is 17.4 Å². The van der Waals surface area contributed by atoms with E-state index in [0.29, 0.717) is 20.8 Å². The maximum absolute atomic E-state index is 14.0. The van der Waals surface area contributed by atoms with Crippen LogP contribution in [0.5, 0.6) is 17.4 Å².